The lowest BCUT2D eigenvalue weighted by Gasteiger charge is -2.26. The predicted molar refractivity (Wildman–Crippen MR) is 83.9 cm³/mol. The van der Waals surface area contributed by atoms with Crippen LogP contribution in [0.25, 0.3) is 10.8 Å². The van der Waals surface area contributed by atoms with Crippen molar-refractivity contribution >= 4 is 22.4 Å². The number of nitrogens with zero attached hydrogens (tertiary/aromatic N) is 1. The molecule has 104 valence electrons. The molecule has 1 saturated carbocycles. The largest absolute Gasteiger partial charge is 0.315 e. The van der Waals surface area contributed by atoms with E-state index in [2.05, 4.69) is 24.3 Å². The second-order valence-electron chi connectivity index (χ2n) is 5.76. The van der Waals surface area contributed by atoms with E-state index in [4.69, 9.17) is 0 Å². The Hall–Kier alpha value is -1.83. The highest BCUT2D eigenvalue weighted by Crippen LogP contribution is 2.28. The predicted octanol–water partition coefficient (Wildman–Crippen LogP) is 4.38. The Balaban J connectivity index is 1.83. The minimum atomic E-state index is 0.222. The van der Waals surface area contributed by atoms with E-state index < -0.39 is 0 Å². The van der Waals surface area contributed by atoms with Gasteiger partial charge in [-0.2, -0.15) is 0 Å². The maximum absolute atomic E-state index is 12.6. The normalized spacial score (nSPS) is 16.2. The fraction of sp³-hybridized carbons (Fsp3) is 0.389. The summed E-state index contributed by atoms with van der Waals surface area (Å²) in [7, 11) is 1.90. The van der Waals surface area contributed by atoms with E-state index in [0.717, 1.165) is 18.5 Å². The molecule has 1 aliphatic rings. The molecule has 20 heavy (non-hydrogen) atoms. The second-order valence-corrected chi connectivity index (χ2v) is 5.76. The molecule has 3 rings (SSSR count). The third-order valence-corrected chi connectivity index (χ3v) is 4.41. The van der Waals surface area contributed by atoms with Crippen LogP contribution in [0.1, 0.15) is 32.1 Å². The van der Waals surface area contributed by atoms with Gasteiger partial charge in [0.25, 0.3) is 0 Å². The van der Waals surface area contributed by atoms with Crippen molar-refractivity contribution in [1.82, 2.24) is 0 Å². The lowest BCUT2D eigenvalue weighted by molar-refractivity contribution is -0.123. The van der Waals surface area contributed by atoms with Crippen molar-refractivity contribution in [2.24, 2.45) is 5.92 Å². The Morgan fingerprint density at radius 3 is 2.45 bits per heavy atom. The van der Waals surface area contributed by atoms with Crippen LogP contribution in [-0.2, 0) is 4.79 Å². The molecule has 2 aromatic rings. The first-order valence-corrected chi connectivity index (χ1v) is 7.52. The minimum Gasteiger partial charge on any atom is -0.315 e. The second kappa shape index (κ2) is 5.66. The summed E-state index contributed by atoms with van der Waals surface area (Å²) in [5.41, 5.74) is 0.999. The smallest absolute Gasteiger partial charge is 0.229 e. The van der Waals surface area contributed by atoms with Crippen molar-refractivity contribution in [3.63, 3.8) is 0 Å². The number of benzene rings is 2. The first-order valence-electron chi connectivity index (χ1n) is 7.52. The van der Waals surface area contributed by atoms with E-state index in [9.17, 15) is 4.79 Å². The van der Waals surface area contributed by atoms with Gasteiger partial charge in [-0.15, -0.1) is 0 Å². The van der Waals surface area contributed by atoms with E-state index in [0.29, 0.717) is 0 Å². The zero-order valence-electron chi connectivity index (χ0n) is 12.0. The number of fused-ring (bicyclic) bond motifs is 1. The lowest BCUT2D eigenvalue weighted by atomic mass is 9.88. The molecular formula is C18H21NO. The summed E-state index contributed by atoms with van der Waals surface area (Å²) in [4.78, 5) is 14.4. The third-order valence-electron chi connectivity index (χ3n) is 4.41. The van der Waals surface area contributed by atoms with Gasteiger partial charge in [-0.3, -0.25) is 4.79 Å². The highest BCUT2D eigenvalue weighted by Gasteiger charge is 2.24. The molecule has 0 saturated heterocycles. The maximum Gasteiger partial charge on any atom is 0.229 e. The Morgan fingerprint density at radius 1 is 1.00 bits per heavy atom. The van der Waals surface area contributed by atoms with E-state index in [-0.39, 0.29) is 11.8 Å². The average molecular weight is 267 g/mol. The maximum atomic E-state index is 12.6. The number of carbonyl (C=O) groups excluding carboxylic acids is 1. The zero-order valence-corrected chi connectivity index (χ0v) is 12.0. The summed E-state index contributed by atoms with van der Waals surface area (Å²) in [6, 6.07) is 14.5. The monoisotopic (exact) mass is 267 g/mol. The van der Waals surface area contributed by atoms with Crippen molar-refractivity contribution in [3.05, 3.63) is 42.5 Å². The van der Waals surface area contributed by atoms with Gasteiger partial charge >= 0.3 is 0 Å². The molecule has 0 bridgehead atoms. The van der Waals surface area contributed by atoms with Crippen LogP contribution in [-0.4, -0.2) is 13.0 Å². The number of amides is 1. The Labute approximate surface area is 120 Å². The van der Waals surface area contributed by atoms with Crippen molar-refractivity contribution in [3.8, 4) is 0 Å². The highest BCUT2D eigenvalue weighted by molar-refractivity contribution is 5.97. The molecule has 1 aliphatic carbocycles. The highest BCUT2D eigenvalue weighted by atomic mass is 16.2. The van der Waals surface area contributed by atoms with Gasteiger partial charge in [0.1, 0.15) is 0 Å². The standard InChI is InChI=1S/C18H21NO/c1-19(18(20)15-8-3-2-4-9-15)17-12-11-14-7-5-6-10-16(14)13-17/h5-7,10-13,15H,2-4,8-9H2,1H3. The fourth-order valence-electron chi connectivity index (χ4n) is 3.14. The van der Waals surface area contributed by atoms with Crippen molar-refractivity contribution in [2.75, 3.05) is 11.9 Å². The summed E-state index contributed by atoms with van der Waals surface area (Å²) in [5, 5.41) is 2.41. The van der Waals surface area contributed by atoms with Gasteiger partial charge in [0.05, 0.1) is 0 Å². The van der Waals surface area contributed by atoms with Gasteiger partial charge in [-0.05, 0) is 35.7 Å². The van der Waals surface area contributed by atoms with Crippen LogP contribution >= 0.6 is 0 Å². The minimum absolute atomic E-state index is 0.222. The number of carbonyl (C=O) groups is 1. The molecule has 0 radical (unpaired) electrons. The molecule has 2 heteroatoms. The fourth-order valence-corrected chi connectivity index (χ4v) is 3.14. The summed E-state index contributed by atoms with van der Waals surface area (Å²) in [6.45, 7) is 0. The van der Waals surface area contributed by atoms with E-state index in [1.165, 1.54) is 30.0 Å². The molecule has 0 heterocycles. The van der Waals surface area contributed by atoms with Crippen molar-refractivity contribution in [2.45, 2.75) is 32.1 Å². The van der Waals surface area contributed by atoms with Gasteiger partial charge in [0.15, 0.2) is 0 Å². The van der Waals surface area contributed by atoms with Crippen LogP contribution in [0, 0.1) is 5.92 Å². The van der Waals surface area contributed by atoms with Crippen LogP contribution in [0.15, 0.2) is 42.5 Å². The van der Waals surface area contributed by atoms with E-state index in [1.54, 1.807) is 0 Å². The van der Waals surface area contributed by atoms with Gasteiger partial charge in [-0.25, -0.2) is 0 Å². The van der Waals surface area contributed by atoms with Crippen LogP contribution < -0.4 is 4.90 Å². The third kappa shape index (κ3) is 2.55. The summed E-state index contributed by atoms with van der Waals surface area (Å²) in [5.74, 6) is 0.500. The van der Waals surface area contributed by atoms with Gasteiger partial charge in [0, 0.05) is 18.7 Å². The molecule has 1 fully saturated rings. The Bertz CT molecular complexity index is 614. The zero-order chi connectivity index (χ0) is 13.9. The summed E-state index contributed by atoms with van der Waals surface area (Å²) in [6.07, 6.45) is 5.78. The molecule has 0 N–H and O–H groups in total. The van der Waals surface area contributed by atoms with Crippen LogP contribution in [0.3, 0.4) is 0 Å². The van der Waals surface area contributed by atoms with E-state index >= 15 is 0 Å². The topological polar surface area (TPSA) is 20.3 Å². The first kappa shape index (κ1) is 13.2. The molecule has 0 unspecified atom stereocenters. The number of anilines is 1. The molecule has 0 aliphatic heterocycles. The summed E-state index contributed by atoms with van der Waals surface area (Å²) >= 11 is 0. The van der Waals surface area contributed by atoms with Crippen LogP contribution in [0.2, 0.25) is 0 Å². The van der Waals surface area contributed by atoms with Gasteiger partial charge in [-0.1, -0.05) is 49.6 Å². The Kier molecular flexibility index (Phi) is 3.72. The number of rotatable bonds is 2. The molecular weight excluding hydrogens is 246 g/mol. The molecule has 0 aromatic heterocycles. The molecule has 2 nitrogen and oxygen atoms in total. The lowest BCUT2D eigenvalue weighted by Crippen LogP contribution is -2.33. The average Bonchev–Trinajstić information content (AvgIpc) is 2.54. The summed E-state index contributed by atoms with van der Waals surface area (Å²) < 4.78 is 0. The quantitative estimate of drug-likeness (QED) is 0.790. The molecule has 0 atom stereocenters. The van der Waals surface area contributed by atoms with Gasteiger partial charge in [0.2, 0.25) is 5.91 Å². The van der Waals surface area contributed by atoms with Crippen molar-refractivity contribution < 1.29 is 4.79 Å². The van der Waals surface area contributed by atoms with Crippen LogP contribution in [0.5, 0.6) is 0 Å². The number of hydrogen-bond donors (Lipinski definition) is 0. The van der Waals surface area contributed by atoms with Crippen molar-refractivity contribution in [1.29, 1.82) is 0 Å². The molecule has 1 amide bonds. The number of hydrogen-bond acceptors (Lipinski definition) is 1. The first-order chi connectivity index (χ1) is 9.75. The SMILES string of the molecule is CN(C(=O)C1CCCCC1)c1ccc2ccccc2c1. The molecule has 2 aromatic carbocycles. The van der Waals surface area contributed by atoms with Gasteiger partial charge < -0.3 is 4.90 Å². The Morgan fingerprint density at radius 2 is 1.70 bits per heavy atom. The van der Waals surface area contributed by atoms with Crippen LogP contribution in [0.4, 0.5) is 5.69 Å². The van der Waals surface area contributed by atoms with E-state index in [1.807, 2.05) is 30.1 Å². The molecule has 0 spiro atoms.